The molecule has 0 saturated heterocycles. The number of ether oxygens (including phenoxy) is 1. The summed E-state index contributed by atoms with van der Waals surface area (Å²) in [5, 5.41) is 0. The van der Waals surface area contributed by atoms with Crippen molar-refractivity contribution in [1.82, 2.24) is 0 Å². The lowest BCUT2D eigenvalue weighted by Crippen LogP contribution is -2.33. The molecule has 0 amide bonds. The van der Waals surface area contributed by atoms with Gasteiger partial charge in [0.15, 0.2) is 0 Å². The molecule has 0 bridgehead atoms. The minimum absolute atomic E-state index is 0.120. The first-order chi connectivity index (χ1) is 11.4. The summed E-state index contributed by atoms with van der Waals surface area (Å²) in [6.45, 7) is 1.75. The normalized spacial score (nSPS) is 14.9. The summed E-state index contributed by atoms with van der Waals surface area (Å²) >= 11 is 0. The second kappa shape index (κ2) is 8.07. The van der Waals surface area contributed by atoms with Crippen molar-refractivity contribution in [3.63, 3.8) is 0 Å². The number of methoxy groups -OCH3 is 1. The number of hydrogen-bond acceptors (Lipinski definition) is 3. The molecule has 9 heteroatoms. The fraction of sp³-hybridized carbons (Fsp3) is 0.562. The second-order valence-electron chi connectivity index (χ2n) is 5.88. The maximum absolute atomic E-state index is 12.9. The molecule has 1 rings (SSSR count). The molecular formula is C16H19F6NO2. The Kier molecular flexibility index (Phi) is 6.87. The third-order valence-corrected chi connectivity index (χ3v) is 3.78. The first-order valence-electron chi connectivity index (χ1n) is 7.47. The molecule has 0 radical (unpaired) electrons. The number of benzene rings is 1. The number of aryl methyl sites for hydroxylation is 1. The van der Waals surface area contributed by atoms with Crippen molar-refractivity contribution >= 4 is 5.97 Å². The van der Waals surface area contributed by atoms with Crippen LogP contribution >= 0.6 is 0 Å². The van der Waals surface area contributed by atoms with Crippen LogP contribution in [0.5, 0.6) is 0 Å². The summed E-state index contributed by atoms with van der Waals surface area (Å²) in [6.07, 6.45) is -9.41. The highest BCUT2D eigenvalue weighted by Gasteiger charge is 2.42. The average molecular weight is 371 g/mol. The monoisotopic (exact) mass is 371 g/mol. The van der Waals surface area contributed by atoms with Crippen LogP contribution in [0.3, 0.4) is 0 Å². The zero-order valence-corrected chi connectivity index (χ0v) is 13.7. The molecule has 0 aromatic heterocycles. The number of rotatable bonds is 6. The zero-order valence-electron chi connectivity index (χ0n) is 13.7. The van der Waals surface area contributed by atoms with Gasteiger partial charge in [-0.1, -0.05) is 13.0 Å². The van der Waals surface area contributed by atoms with Crippen LogP contribution < -0.4 is 5.73 Å². The lowest BCUT2D eigenvalue weighted by Gasteiger charge is -2.18. The van der Waals surface area contributed by atoms with Crippen LogP contribution in [0.15, 0.2) is 18.2 Å². The maximum atomic E-state index is 12.9. The Labute approximate surface area is 141 Å². The van der Waals surface area contributed by atoms with Crippen molar-refractivity contribution in [3.8, 4) is 0 Å². The van der Waals surface area contributed by atoms with Gasteiger partial charge in [-0.2, -0.15) is 26.3 Å². The molecule has 25 heavy (non-hydrogen) atoms. The Morgan fingerprint density at radius 2 is 1.68 bits per heavy atom. The molecule has 1 aromatic rings. The topological polar surface area (TPSA) is 52.3 Å². The number of carbonyl (C=O) groups is 1. The van der Waals surface area contributed by atoms with E-state index in [2.05, 4.69) is 4.74 Å². The molecule has 1 aromatic carbocycles. The van der Waals surface area contributed by atoms with Gasteiger partial charge >= 0.3 is 18.3 Å². The summed E-state index contributed by atoms with van der Waals surface area (Å²) in [7, 11) is 1.19. The summed E-state index contributed by atoms with van der Waals surface area (Å²) in [5.74, 6) is -0.716. The van der Waals surface area contributed by atoms with Crippen molar-refractivity contribution in [2.24, 2.45) is 11.7 Å². The van der Waals surface area contributed by atoms with E-state index < -0.39 is 35.5 Å². The first-order valence-corrected chi connectivity index (χ1v) is 7.47. The van der Waals surface area contributed by atoms with E-state index in [1.165, 1.54) is 7.11 Å². The minimum Gasteiger partial charge on any atom is -0.468 e. The largest absolute Gasteiger partial charge is 0.468 e. The van der Waals surface area contributed by atoms with Crippen LogP contribution in [0, 0.1) is 5.92 Å². The van der Waals surface area contributed by atoms with E-state index >= 15 is 0 Å². The number of nitrogens with two attached hydrogens (primary N) is 1. The lowest BCUT2D eigenvalue weighted by molar-refractivity contribution is -0.162. The molecule has 0 aliphatic rings. The molecule has 2 atom stereocenters. The number of esters is 1. The molecule has 2 unspecified atom stereocenters. The molecule has 0 spiro atoms. The molecule has 142 valence electrons. The predicted octanol–water partition coefficient (Wildman–Crippen LogP) is 4.18. The van der Waals surface area contributed by atoms with Gasteiger partial charge in [-0.15, -0.1) is 0 Å². The molecule has 0 saturated carbocycles. The number of alkyl halides is 6. The van der Waals surface area contributed by atoms with E-state index in [1.54, 1.807) is 6.92 Å². The van der Waals surface area contributed by atoms with Crippen LogP contribution in [0.1, 0.15) is 36.5 Å². The Hall–Kier alpha value is -1.77. The quantitative estimate of drug-likeness (QED) is 0.603. The fourth-order valence-corrected chi connectivity index (χ4v) is 2.44. The lowest BCUT2D eigenvalue weighted by atomic mass is 9.93. The van der Waals surface area contributed by atoms with Gasteiger partial charge in [-0.3, -0.25) is 4.79 Å². The van der Waals surface area contributed by atoms with E-state index in [4.69, 9.17) is 5.73 Å². The van der Waals surface area contributed by atoms with Gasteiger partial charge in [0.25, 0.3) is 0 Å². The SMILES string of the molecule is COC(=O)C(N)CC(C)CCc1ccc(C(F)(F)F)c(C(F)(F)F)c1. The van der Waals surface area contributed by atoms with Crippen molar-refractivity contribution in [1.29, 1.82) is 0 Å². The highest BCUT2D eigenvalue weighted by Crippen LogP contribution is 2.40. The van der Waals surface area contributed by atoms with E-state index in [0.29, 0.717) is 18.6 Å². The molecular weight excluding hydrogens is 352 g/mol. The van der Waals surface area contributed by atoms with Crippen molar-refractivity contribution < 1.29 is 35.9 Å². The van der Waals surface area contributed by atoms with Crippen LogP contribution in [0.2, 0.25) is 0 Å². The minimum atomic E-state index is -5.10. The zero-order chi connectivity index (χ0) is 19.4. The molecule has 0 fully saturated rings. The molecule has 3 nitrogen and oxygen atoms in total. The Bertz CT molecular complexity index is 597. The molecule has 0 aliphatic carbocycles. The van der Waals surface area contributed by atoms with E-state index in [-0.39, 0.29) is 24.3 Å². The Morgan fingerprint density at radius 1 is 1.12 bits per heavy atom. The van der Waals surface area contributed by atoms with Crippen molar-refractivity contribution in [2.75, 3.05) is 7.11 Å². The third kappa shape index (κ3) is 6.22. The second-order valence-corrected chi connectivity index (χ2v) is 5.88. The van der Waals surface area contributed by atoms with Gasteiger partial charge in [0.05, 0.1) is 18.2 Å². The summed E-state index contributed by atoms with van der Waals surface area (Å²) < 4.78 is 81.3. The van der Waals surface area contributed by atoms with E-state index in [1.807, 2.05) is 0 Å². The van der Waals surface area contributed by atoms with E-state index in [0.717, 1.165) is 6.07 Å². The Morgan fingerprint density at radius 3 is 2.16 bits per heavy atom. The first kappa shape index (κ1) is 21.3. The van der Waals surface area contributed by atoms with Crippen LogP contribution in [0.25, 0.3) is 0 Å². The molecule has 2 N–H and O–H groups in total. The number of halogens is 6. The summed E-state index contributed by atoms with van der Waals surface area (Å²) in [4.78, 5) is 11.2. The summed E-state index contributed by atoms with van der Waals surface area (Å²) in [5.41, 5.74) is 2.33. The van der Waals surface area contributed by atoms with Gasteiger partial charge in [-0.25, -0.2) is 0 Å². The highest BCUT2D eigenvalue weighted by molar-refractivity contribution is 5.75. The fourth-order valence-electron chi connectivity index (χ4n) is 2.44. The summed E-state index contributed by atoms with van der Waals surface area (Å²) in [6, 6.07) is 1.16. The number of carbonyl (C=O) groups excluding carboxylic acids is 1. The van der Waals surface area contributed by atoms with Crippen LogP contribution in [-0.2, 0) is 28.3 Å². The third-order valence-electron chi connectivity index (χ3n) is 3.78. The smallest absolute Gasteiger partial charge is 0.417 e. The van der Waals surface area contributed by atoms with Crippen LogP contribution in [-0.4, -0.2) is 19.1 Å². The van der Waals surface area contributed by atoms with Crippen LogP contribution in [0.4, 0.5) is 26.3 Å². The van der Waals surface area contributed by atoms with Gasteiger partial charge in [0.2, 0.25) is 0 Å². The van der Waals surface area contributed by atoms with Crippen molar-refractivity contribution in [2.45, 2.75) is 44.6 Å². The van der Waals surface area contributed by atoms with Gasteiger partial charge in [0.1, 0.15) is 6.04 Å². The van der Waals surface area contributed by atoms with Crippen molar-refractivity contribution in [3.05, 3.63) is 34.9 Å². The predicted molar refractivity (Wildman–Crippen MR) is 78.5 cm³/mol. The number of hydrogen-bond donors (Lipinski definition) is 1. The highest BCUT2D eigenvalue weighted by atomic mass is 19.4. The van der Waals surface area contributed by atoms with Gasteiger partial charge in [-0.05, 0) is 42.9 Å². The average Bonchev–Trinajstić information content (AvgIpc) is 2.50. The molecule has 0 heterocycles. The van der Waals surface area contributed by atoms with Gasteiger partial charge < -0.3 is 10.5 Å². The van der Waals surface area contributed by atoms with E-state index in [9.17, 15) is 31.1 Å². The maximum Gasteiger partial charge on any atom is 0.417 e. The Balaban J connectivity index is 2.85. The standard InChI is InChI=1S/C16H19F6NO2/c1-9(7-13(23)14(24)25-2)3-4-10-5-6-11(15(17,18)19)12(8-10)16(20,21)22/h5-6,8-9,13H,3-4,7,23H2,1-2H3. The van der Waals surface area contributed by atoms with Gasteiger partial charge in [0, 0.05) is 0 Å². The molecule has 0 aliphatic heterocycles.